The fraction of sp³-hybridized carbons (Fsp3) is 1.00. The number of unbranched alkanes of at least 4 members (excludes halogenated alkanes) is 13. The molecule has 176 valence electrons. The number of sulfonamides is 1. The van der Waals surface area contributed by atoms with Gasteiger partial charge in [0.05, 0.1) is 39.0 Å². The molecule has 0 amide bonds. The van der Waals surface area contributed by atoms with Gasteiger partial charge in [-0.05, 0) is 20.3 Å². The number of hydrogen-bond acceptors (Lipinski definition) is 2. The number of hydrogen-bond donors (Lipinski definition) is 0. The van der Waals surface area contributed by atoms with Gasteiger partial charge in [-0.15, -0.1) is 0 Å². The summed E-state index contributed by atoms with van der Waals surface area (Å²) in [6.45, 7) is 10.2. The van der Waals surface area contributed by atoms with E-state index in [1.54, 1.807) is 11.4 Å². The number of quaternary nitrogens is 1. The number of rotatable bonds is 21. The Kier molecular flexibility index (Phi) is 17.5. The van der Waals surface area contributed by atoms with Crippen LogP contribution in [0.1, 0.15) is 111 Å². The molecule has 0 bridgehead atoms. The minimum atomic E-state index is -3.09. The van der Waals surface area contributed by atoms with Gasteiger partial charge in [-0.25, -0.2) is 8.42 Å². The molecule has 29 heavy (non-hydrogen) atoms. The molecule has 0 aliphatic heterocycles. The summed E-state index contributed by atoms with van der Waals surface area (Å²) >= 11 is 0. The van der Waals surface area contributed by atoms with Gasteiger partial charge < -0.3 is 4.48 Å². The van der Waals surface area contributed by atoms with Gasteiger partial charge in [0, 0.05) is 7.05 Å². The summed E-state index contributed by atoms with van der Waals surface area (Å²) in [5.74, 6) is 0.309. The molecule has 0 saturated carbocycles. The Balaban J connectivity index is 3.64. The average Bonchev–Trinajstić information content (AvgIpc) is 2.71. The van der Waals surface area contributed by atoms with E-state index in [1.807, 2.05) is 0 Å². The fourth-order valence-corrected chi connectivity index (χ4v) is 4.94. The lowest BCUT2D eigenvalue weighted by atomic mass is 10.0. The predicted molar refractivity (Wildman–Crippen MR) is 129 cm³/mol. The highest BCUT2D eigenvalue weighted by molar-refractivity contribution is 7.89. The normalized spacial score (nSPS) is 12.8. The summed E-state index contributed by atoms with van der Waals surface area (Å²) in [6.07, 6.45) is 18.1. The maximum absolute atomic E-state index is 12.5. The third kappa shape index (κ3) is 15.3. The zero-order valence-electron chi connectivity index (χ0n) is 20.6. The second-order valence-electron chi connectivity index (χ2n) is 9.21. The number of likely N-dealkylation sites (N-methyl/N-ethyl adjacent to an activating group) is 2. The van der Waals surface area contributed by atoms with Crippen molar-refractivity contribution in [2.24, 2.45) is 0 Å². The molecule has 0 unspecified atom stereocenters. The minimum absolute atomic E-state index is 0.309. The summed E-state index contributed by atoms with van der Waals surface area (Å²) in [4.78, 5) is 0. The molecule has 0 aliphatic rings. The van der Waals surface area contributed by atoms with Crippen molar-refractivity contribution >= 4 is 10.0 Å². The lowest BCUT2D eigenvalue weighted by molar-refractivity contribution is -0.905. The van der Waals surface area contributed by atoms with Gasteiger partial charge in [0.1, 0.15) is 0 Å². The first-order valence-corrected chi connectivity index (χ1v) is 14.2. The summed E-state index contributed by atoms with van der Waals surface area (Å²) in [5, 5.41) is 0. The van der Waals surface area contributed by atoms with Crippen molar-refractivity contribution in [2.45, 2.75) is 111 Å². The Morgan fingerprint density at radius 1 is 0.655 bits per heavy atom. The van der Waals surface area contributed by atoms with Gasteiger partial charge in [0.25, 0.3) is 0 Å². The Morgan fingerprint density at radius 2 is 1.03 bits per heavy atom. The molecule has 0 fully saturated rings. The predicted octanol–water partition coefficient (Wildman–Crippen LogP) is 6.22. The quantitative estimate of drug-likeness (QED) is 0.159. The molecule has 0 spiro atoms. The molecule has 0 saturated heterocycles. The van der Waals surface area contributed by atoms with E-state index in [1.165, 1.54) is 77.0 Å². The van der Waals surface area contributed by atoms with Gasteiger partial charge in [0.15, 0.2) is 0 Å². The highest BCUT2D eigenvalue weighted by Gasteiger charge is 2.22. The van der Waals surface area contributed by atoms with Crippen molar-refractivity contribution in [3.05, 3.63) is 0 Å². The van der Waals surface area contributed by atoms with E-state index in [0.717, 1.165) is 37.0 Å². The third-order valence-electron chi connectivity index (χ3n) is 6.71. The second-order valence-corrected chi connectivity index (χ2v) is 11.4. The molecule has 0 aromatic carbocycles. The molecule has 0 aliphatic carbocycles. The van der Waals surface area contributed by atoms with E-state index < -0.39 is 10.0 Å². The van der Waals surface area contributed by atoms with E-state index >= 15 is 0 Å². The standard InChI is InChI=1S/C24H53N2O2S/c1-6-9-10-11-12-13-14-15-16-17-18-19-20-21-24-29(27,28)25(4)22-23-26(5,7-2)8-3/h6-24H2,1-5H3/q+1. The first-order valence-electron chi connectivity index (χ1n) is 12.6. The molecule has 0 aromatic rings. The van der Waals surface area contributed by atoms with Crippen LogP contribution in [0.25, 0.3) is 0 Å². The highest BCUT2D eigenvalue weighted by atomic mass is 32.2. The minimum Gasteiger partial charge on any atom is -0.325 e. The molecule has 5 heteroatoms. The zero-order valence-corrected chi connectivity index (χ0v) is 21.4. The van der Waals surface area contributed by atoms with Crippen LogP contribution < -0.4 is 0 Å². The maximum atomic E-state index is 12.5. The smallest absolute Gasteiger partial charge is 0.214 e. The third-order valence-corrected chi connectivity index (χ3v) is 8.65. The molecular weight excluding hydrogens is 380 g/mol. The molecular formula is C24H53N2O2S+. The SMILES string of the molecule is CCCCCCCCCCCCCCCCS(=O)(=O)N(C)CC[N+](C)(CC)CC. The first-order chi connectivity index (χ1) is 13.8. The van der Waals surface area contributed by atoms with Crippen LogP contribution in [0.4, 0.5) is 0 Å². The van der Waals surface area contributed by atoms with Crippen molar-refractivity contribution in [3.63, 3.8) is 0 Å². The second kappa shape index (κ2) is 17.5. The molecule has 0 heterocycles. The molecule has 4 nitrogen and oxygen atoms in total. The van der Waals surface area contributed by atoms with Crippen molar-refractivity contribution in [1.82, 2.24) is 4.31 Å². The van der Waals surface area contributed by atoms with Crippen LogP contribution in [0.5, 0.6) is 0 Å². The molecule has 0 aromatic heterocycles. The van der Waals surface area contributed by atoms with Crippen molar-refractivity contribution in [3.8, 4) is 0 Å². The highest BCUT2D eigenvalue weighted by Crippen LogP contribution is 2.13. The Labute approximate surface area is 184 Å². The van der Waals surface area contributed by atoms with Gasteiger partial charge in [-0.1, -0.05) is 90.4 Å². The van der Waals surface area contributed by atoms with Gasteiger partial charge in [-0.3, -0.25) is 0 Å². The van der Waals surface area contributed by atoms with Gasteiger partial charge >= 0.3 is 0 Å². The lowest BCUT2D eigenvalue weighted by Crippen LogP contribution is -2.48. The van der Waals surface area contributed by atoms with E-state index in [-0.39, 0.29) is 0 Å². The summed E-state index contributed by atoms with van der Waals surface area (Å²) in [5.41, 5.74) is 0. The van der Waals surface area contributed by atoms with Crippen LogP contribution in [0.3, 0.4) is 0 Å². The summed E-state index contributed by atoms with van der Waals surface area (Å²) in [7, 11) is 0.855. The maximum Gasteiger partial charge on any atom is 0.214 e. The summed E-state index contributed by atoms with van der Waals surface area (Å²) in [6, 6.07) is 0. The fourth-order valence-electron chi connectivity index (χ4n) is 3.70. The van der Waals surface area contributed by atoms with E-state index in [0.29, 0.717) is 12.3 Å². The lowest BCUT2D eigenvalue weighted by Gasteiger charge is -2.33. The van der Waals surface area contributed by atoms with Crippen LogP contribution in [0, 0.1) is 0 Å². The van der Waals surface area contributed by atoms with E-state index in [2.05, 4.69) is 27.8 Å². The molecule has 0 atom stereocenters. The Bertz CT molecular complexity index is 462. The summed E-state index contributed by atoms with van der Waals surface area (Å²) < 4.78 is 27.4. The first kappa shape index (κ1) is 28.9. The van der Waals surface area contributed by atoms with Gasteiger partial charge in [0.2, 0.25) is 10.0 Å². The zero-order chi connectivity index (χ0) is 22.0. The van der Waals surface area contributed by atoms with Crippen molar-refractivity contribution in [1.29, 1.82) is 0 Å². The van der Waals surface area contributed by atoms with Crippen LogP contribution in [0.2, 0.25) is 0 Å². The molecule has 0 radical (unpaired) electrons. The monoisotopic (exact) mass is 433 g/mol. The molecule has 0 rings (SSSR count). The van der Waals surface area contributed by atoms with E-state index in [9.17, 15) is 8.42 Å². The van der Waals surface area contributed by atoms with Crippen LogP contribution in [-0.4, -0.2) is 63.2 Å². The van der Waals surface area contributed by atoms with E-state index in [4.69, 9.17) is 0 Å². The van der Waals surface area contributed by atoms with Crippen molar-refractivity contribution in [2.75, 3.05) is 46.0 Å². The van der Waals surface area contributed by atoms with Crippen LogP contribution >= 0.6 is 0 Å². The number of nitrogens with zero attached hydrogens (tertiary/aromatic N) is 2. The largest absolute Gasteiger partial charge is 0.325 e. The topological polar surface area (TPSA) is 37.4 Å². The Hall–Kier alpha value is -0.130. The molecule has 0 N–H and O–H groups in total. The Morgan fingerprint density at radius 3 is 1.41 bits per heavy atom. The van der Waals surface area contributed by atoms with Crippen LogP contribution in [-0.2, 0) is 10.0 Å². The van der Waals surface area contributed by atoms with Crippen molar-refractivity contribution < 1.29 is 12.9 Å². The van der Waals surface area contributed by atoms with Gasteiger partial charge in [-0.2, -0.15) is 4.31 Å². The average molecular weight is 434 g/mol. The van der Waals surface area contributed by atoms with Crippen LogP contribution in [0.15, 0.2) is 0 Å².